The number of aromatic hydroxyl groups is 1. The molecule has 7 rings (SSSR count). The molecule has 2 fully saturated rings. The lowest BCUT2D eigenvalue weighted by Crippen LogP contribution is -2.65. The third-order valence-corrected chi connectivity index (χ3v) is 8.00. The van der Waals surface area contributed by atoms with Crippen LogP contribution in [0.3, 0.4) is 0 Å². The molecule has 3 heterocycles. The van der Waals surface area contributed by atoms with Gasteiger partial charge in [0.15, 0.2) is 11.5 Å². The lowest BCUT2D eigenvalue weighted by molar-refractivity contribution is -0.0640. The zero-order valence-electron chi connectivity index (χ0n) is 20.1. The Labute approximate surface area is 202 Å². The van der Waals surface area contributed by atoms with Crippen molar-refractivity contribution in [2.24, 2.45) is 11.8 Å². The summed E-state index contributed by atoms with van der Waals surface area (Å²) in [7, 11) is 1.77. The van der Waals surface area contributed by atoms with Crippen LogP contribution in [0.4, 0.5) is 0 Å². The zero-order chi connectivity index (χ0) is 23.7. The van der Waals surface area contributed by atoms with E-state index in [4.69, 9.17) is 14.6 Å². The molecule has 0 amide bonds. The van der Waals surface area contributed by atoms with Crippen molar-refractivity contribution in [2.45, 2.75) is 56.3 Å². The first-order valence-electron chi connectivity index (χ1n) is 12.6. The average Bonchev–Trinajstić information content (AvgIpc) is 3.62. The van der Waals surface area contributed by atoms with Gasteiger partial charge in [0.2, 0.25) is 0 Å². The van der Waals surface area contributed by atoms with E-state index in [-0.39, 0.29) is 30.0 Å². The maximum absolute atomic E-state index is 10.4. The van der Waals surface area contributed by atoms with Crippen LogP contribution in [0.25, 0.3) is 0 Å². The van der Waals surface area contributed by atoms with Crippen molar-refractivity contribution in [1.82, 2.24) is 9.88 Å². The molecule has 34 heavy (non-hydrogen) atoms. The smallest absolute Gasteiger partial charge is 0.165 e. The minimum absolute atomic E-state index is 0.0135. The molecule has 6 heteroatoms. The summed E-state index contributed by atoms with van der Waals surface area (Å²) in [5.74, 6) is 2.40. The lowest BCUT2D eigenvalue weighted by Gasteiger charge is -2.57. The van der Waals surface area contributed by atoms with Crippen molar-refractivity contribution in [3.63, 3.8) is 0 Å². The molecule has 6 nitrogen and oxygen atoms in total. The number of methoxy groups -OCH3 is 1. The number of hydrogen-bond acceptors (Lipinski definition) is 6. The molecule has 4 unspecified atom stereocenters. The molecule has 5 aliphatic rings. The fourth-order valence-electron chi connectivity index (χ4n) is 6.49. The van der Waals surface area contributed by atoms with E-state index in [9.17, 15) is 5.11 Å². The second kappa shape index (κ2) is 9.68. The lowest BCUT2D eigenvalue weighted by atomic mass is 9.53. The quantitative estimate of drug-likeness (QED) is 0.675. The van der Waals surface area contributed by atoms with Crippen molar-refractivity contribution in [3.05, 3.63) is 66.0 Å². The largest absolute Gasteiger partial charge is 0.504 e. The Balaban J connectivity index is 0.000000229. The van der Waals surface area contributed by atoms with Gasteiger partial charge in [-0.25, -0.2) is 0 Å². The number of likely N-dealkylation sites (tertiary alicyclic amines) is 1. The van der Waals surface area contributed by atoms with E-state index in [0.717, 1.165) is 31.1 Å². The minimum Gasteiger partial charge on any atom is -0.504 e. The molecule has 1 aromatic heterocycles. The summed E-state index contributed by atoms with van der Waals surface area (Å²) in [4.78, 5) is 6.53. The van der Waals surface area contributed by atoms with Crippen LogP contribution in [0, 0.1) is 11.8 Å². The predicted molar refractivity (Wildman–Crippen MR) is 131 cm³/mol. The number of aliphatic hydroxyl groups is 1. The molecule has 2 aromatic rings. The maximum atomic E-state index is 10.4. The van der Waals surface area contributed by atoms with E-state index < -0.39 is 0 Å². The van der Waals surface area contributed by atoms with Crippen molar-refractivity contribution < 1.29 is 19.7 Å². The molecule has 2 bridgehead atoms. The van der Waals surface area contributed by atoms with Crippen LogP contribution in [0.2, 0.25) is 0 Å². The Kier molecular flexibility index (Phi) is 6.65. The third-order valence-electron chi connectivity index (χ3n) is 8.00. The number of pyridine rings is 1. The third kappa shape index (κ3) is 3.92. The summed E-state index contributed by atoms with van der Waals surface area (Å²) in [6, 6.07) is 10.2. The Hall–Kier alpha value is -2.41. The second-order valence-electron chi connectivity index (χ2n) is 9.94. The fourth-order valence-corrected chi connectivity index (χ4v) is 6.49. The van der Waals surface area contributed by atoms with Crippen molar-refractivity contribution in [1.29, 1.82) is 0 Å². The highest BCUT2D eigenvalue weighted by atomic mass is 16.5. The van der Waals surface area contributed by atoms with Crippen LogP contribution >= 0.6 is 0 Å². The number of aromatic nitrogens is 1. The first-order chi connectivity index (χ1) is 16.6. The number of nitrogens with zero attached hydrogens (tertiary/aromatic N) is 2. The van der Waals surface area contributed by atoms with Crippen LogP contribution in [0.5, 0.6) is 11.5 Å². The zero-order valence-corrected chi connectivity index (χ0v) is 20.1. The molecule has 1 saturated carbocycles. The number of benzene rings is 1. The highest BCUT2D eigenvalue weighted by molar-refractivity contribution is 5.61. The number of phenolic OH excluding ortho intramolecular Hbond substituents is 1. The van der Waals surface area contributed by atoms with Gasteiger partial charge in [-0.15, -0.1) is 0 Å². The van der Waals surface area contributed by atoms with Gasteiger partial charge in [-0.05, 0) is 68.8 Å². The number of hydrogen-bond donors (Lipinski definition) is 2. The van der Waals surface area contributed by atoms with Gasteiger partial charge in [0, 0.05) is 55.6 Å². The van der Waals surface area contributed by atoms with Gasteiger partial charge >= 0.3 is 0 Å². The fraction of sp³-hybridized carbons (Fsp3) is 0.536. The van der Waals surface area contributed by atoms with Gasteiger partial charge in [0.05, 0.1) is 0 Å². The normalized spacial score (nSPS) is 31.9. The molecule has 3 aliphatic carbocycles. The highest BCUT2D eigenvalue weighted by Crippen LogP contribution is 2.62. The minimum atomic E-state index is -0.0374. The topological polar surface area (TPSA) is 75.0 Å². The summed E-state index contributed by atoms with van der Waals surface area (Å²) in [5, 5.41) is 18.0. The average molecular weight is 465 g/mol. The first-order valence-corrected chi connectivity index (χ1v) is 12.6. The molecule has 2 N–H and O–H groups in total. The van der Waals surface area contributed by atoms with Crippen molar-refractivity contribution in [2.75, 3.05) is 26.8 Å². The van der Waals surface area contributed by atoms with E-state index in [0.29, 0.717) is 12.0 Å². The van der Waals surface area contributed by atoms with E-state index in [1.165, 1.54) is 30.5 Å². The molecule has 1 saturated heterocycles. The summed E-state index contributed by atoms with van der Waals surface area (Å²) >= 11 is 0. The Morgan fingerprint density at radius 2 is 1.94 bits per heavy atom. The van der Waals surface area contributed by atoms with Gasteiger partial charge < -0.3 is 19.7 Å². The number of aliphatic hydroxyl groups excluding tert-OH is 1. The Morgan fingerprint density at radius 3 is 2.56 bits per heavy atom. The van der Waals surface area contributed by atoms with Crippen LogP contribution < -0.4 is 4.74 Å². The van der Waals surface area contributed by atoms with Crippen LogP contribution in [-0.2, 0) is 16.6 Å². The number of ether oxygens (including phenoxy) is 2. The van der Waals surface area contributed by atoms with Gasteiger partial charge in [0.25, 0.3) is 0 Å². The van der Waals surface area contributed by atoms with Gasteiger partial charge in [-0.2, -0.15) is 0 Å². The molecule has 0 radical (unpaired) electrons. The molecule has 1 spiro atoms. The molecular formula is C28H36N2O4. The Bertz CT molecular complexity index is 982. The summed E-state index contributed by atoms with van der Waals surface area (Å²) in [6.07, 6.45) is 13.0. The molecular weight excluding hydrogens is 428 g/mol. The van der Waals surface area contributed by atoms with E-state index in [2.05, 4.69) is 28.1 Å². The van der Waals surface area contributed by atoms with Gasteiger partial charge in [-0.3, -0.25) is 9.88 Å². The van der Waals surface area contributed by atoms with E-state index in [1.54, 1.807) is 26.4 Å². The van der Waals surface area contributed by atoms with Gasteiger partial charge in [0.1, 0.15) is 12.2 Å². The number of piperidine rings is 1. The molecule has 182 valence electrons. The highest BCUT2D eigenvalue weighted by Gasteiger charge is 2.64. The van der Waals surface area contributed by atoms with E-state index in [1.807, 2.05) is 24.3 Å². The summed E-state index contributed by atoms with van der Waals surface area (Å²) in [6.45, 7) is 4.32. The first kappa shape index (κ1) is 23.3. The maximum Gasteiger partial charge on any atom is 0.165 e. The Morgan fingerprint density at radius 1 is 1.18 bits per heavy atom. The molecule has 5 atom stereocenters. The predicted octanol–water partition coefficient (Wildman–Crippen LogP) is 3.71. The van der Waals surface area contributed by atoms with E-state index >= 15 is 0 Å². The number of phenols is 1. The van der Waals surface area contributed by atoms with Gasteiger partial charge in [-0.1, -0.05) is 24.3 Å². The SMILES string of the molecule is CCO.COC1C=CC2C3Cc4ccc(O)c5c4C2(CCN3CC2CC2)[C@H]1O5.c1ccncc1. The second-order valence-corrected chi connectivity index (χ2v) is 9.94. The summed E-state index contributed by atoms with van der Waals surface area (Å²) < 4.78 is 12.2. The number of rotatable bonds is 3. The molecule has 2 aliphatic heterocycles. The monoisotopic (exact) mass is 464 g/mol. The molecule has 1 aromatic carbocycles. The van der Waals surface area contributed by atoms with Crippen LogP contribution in [0.1, 0.15) is 37.3 Å². The van der Waals surface area contributed by atoms with Crippen molar-refractivity contribution in [3.8, 4) is 11.5 Å². The van der Waals surface area contributed by atoms with Crippen molar-refractivity contribution >= 4 is 0 Å². The van der Waals surface area contributed by atoms with Crippen LogP contribution in [-0.4, -0.2) is 65.2 Å². The standard InChI is InChI=1S/C21H25NO3.C5H5N.C2H6O/c1-24-17-7-5-14-15-10-13-4-6-16(23)19-18(13)21(14,20(17)25-19)8-9-22(15)11-12-2-3-12;1-2-4-6-5-3-1;1-2-3/h4-7,12,14-15,17,20,23H,2-3,8-11H2,1H3;1-5H;3H,2H2,1H3/t14?,15?,17?,20-,21?;;/m0../s1. The van der Waals surface area contributed by atoms with Crippen LogP contribution in [0.15, 0.2) is 54.9 Å². The summed E-state index contributed by atoms with van der Waals surface area (Å²) in [5.41, 5.74) is 2.64.